The molecule has 0 spiro atoms. The highest BCUT2D eigenvalue weighted by atomic mass is 35.5. The minimum absolute atomic E-state index is 0. The van der Waals surface area contributed by atoms with E-state index in [0.29, 0.717) is 0 Å². The quantitative estimate of drug-likeness (QED) is 0.204. The monoisotopic (exact) mass is 377 g/mol. The Kier molecular flexibility index (Phi) is 21.9. The summed E-state index contributed by atoms with van der Waals surface area (Å²) >= 11 is 0. The van der Waals surface area contributed by atoms with Crippen LogP contribution in [0.2, 0.25) is 0 Å². The molecule has 0 saturated heterocycles. The molecule has 4 heteroatoms. The van der Waals surface area contributed by atoms with Gasteiger partial charge in [-0.2, -0.15) is 0 Å². The lowest BCUT2D eigenvalue weighted by atomic mass is 10.0. The summed E-state index contributed by atoms with van der Waals surface area (Å²) in [5, 5.41) is 18.6. The highest BCUT2D eigenvalue weighted by Gasteiger charge is 2.24. The molecule has 0 aliphatic rings. The highest BCUT2D eigenvalue weighted by Crippen LogP contribution is 2.14. The molecule has 0 saturated carbocycles. The number of aliphatic hydroxyl groups excluding tert-OH is 2. The Balaban J connectivity index is 0. The molecule has 0 radical (unpaired) electrons. The molecule has 0 unspecified atom stereocenters. The standard InChI is InChI=1S/C21H44NO2.ClH/c1-3-5-6-7-8-9-10-11-12-13-14-15-17-22(16-4-2,18-20-23)19-21-24;/h4,23-24H,2-3,5-21H2,1H3;1H/q+1;/p-1. The van der Waals surface area contributed by atoms with Crippen molar-refractivity contribution < 1.29 is 27.1 Å². The first-order chi connectivity index (χ1) is 11.7. The zero-order chi connectivity index (χ0) is 17.9. The predicted molar refractivity (Wildman–Crippen MR) is 105 cm³/mol. The van der Waals surface area contributed by atoms with Gasteiger partial charge in [0.15, 0.2) is 0 Å². The number of unbranched alkanes of at least 4 members (excludes halogenated alkanes) is 11. The van der Waals surface area contributed by atoms with Crippen LogP contribution in [0.4, 0.5) is 0 Å². The summed E-state index contributed by atoms with van der Waals surface area (Å²) in [5.41, 5.74) is 0. The van der Waals surface area contributed by atoms with Crippen LogP contribution in [0.3, 0.4) is 0 Å². The minimum Gasteiger partial charge on any atom is -1.00 e. The maximum absolute atomic E-state index is 9.31. The summed E-state index contributed by atoms with van der Waals surface area (Å²) in [4.78, 5) is 0. The Morgan fingerprint density at radius 3 is 1.44 bits per heavy atom. The fraction of sp³-hybridized carbons (Fsp3) is 0.905. The van der Waals surface area contributed by atoms with Gasteiger partial charge in [0.1, 0.15) is 13.1 Å². The van der Waals surface area contributed by atoms with Crippen molar-refractivity contribution in [1.29, 1.82) is 0 Å². The maximum Gasteiger partial charge on any atom is 0.102 e. The predicted octanol–water partition coefficient (Wildman–Crippen LogP) is 1.68. The van der Waals surface area contributed by atoms with Crippen LogP contribution < -0.4 is 12.4 Å². The van der Waals surface area contributed by atoms with E-state index in [1.807, 2.05) is 6.08 Å². The molecule has 0 amide bonds. The molecule has 2 N–H and O–H groups in total. The van der Waals surface area contributed by atoms with Gasteiger partial charge in [-0.3, -0.25) is 0 Å². The van der Waals surface area contributed by atoms with Gasteiger partial charge in [0.2, 0.25) is 0 Å². The molecule has 0 aromatic heterocycles. The van der Waals surface area contributed by atoms with Crippen molar-refractivity contribution in [1.82, 2.24) is 0 Å². The van der Waals surface area contributed by atoms with E-state index >= 15 is 0 Å². The Labute approximate surface area is 163 Å². The zero-order valence-corrected chi connectivity index (χ0v) is 17.5. The first-order valence-electron chi connectivity index (χ1n) is 10.4. The van der Waals surface area contributed by atoms with E-state index in [4.69, 9.17) is 0 Å². The van der Waals surface area contributed by atoms with Crippen LogP contribution >= 0.6 is 0 Å². The van der Waals surface area contributed by atoms with E-state index in [0.717, 1.165) is 30.7 Å². The van der Waals surface area contributed by atoms with Crippen LogP contribution in [0.15, 0.2) is 12.7 Å². The maximum atomic E-state index is 9.31. The fourth-order valence-electron chi connectivity index (χ4n) is 3.60. The summed E-state index contributed by atoms with van der Waals surface area (Å²) in [6, 6.07) is 0. The molecule has 0 fully saturated rings. The van der Waals surface area contributed by atoms with Crippen molar-refractivity contribution in [2.45, 2.75) is 84.0 Å². The zero-order valence-electron chi connectivity index (χ0n) is 16.7. The van der Waals surface area contributed by atoms with E-state index in [9.17, 15) is 10.2 Å². The van der Waals surface area contributed by atoms with Crippen LogP contribution in [0.25, 0.3) is 0 Å². The molecule has 3 nitrogen and oxygen atoms in total. The van der Waals surface area contributed by atoms with Gasteiger partial charge in [-0.25, -0.2) is 0 Å². The second-order valence-corrected chi connectivity index (χ2v) is 7.32. The van der Waals surface area contributed by atoms with Crippen molar-refractivity contribution in [3.63, 3.8) is 0 Å². The number of quaternary nitrogens is 1. The van der Waals surface area contributed by atoms with Crippen LogP contribution in [-0.4, -0.2) is 54.1 Å². The lowest BCUT2D eigenvalue weighted by Gasteiger charge is -2.37. The molecule has 0 aliphatic heterocycles. The Morgan fingerprint density at radius 2 is 1.08 bits per heavy atom. The highest BCUT2D eigenvalue weighted by molar-refractivity contribution is 4.66. The summed E-state index contributed by atoms with van der Waals surface area (Å²) in [7, 11) is 0. The topological polar surface area (TPSA) is 40.5 Å². The van der Waals surface area contributed by atoms with Crippen LogP contribution in [0.1, 0.15) is 84.0 Å². The molecule has 0 bridgehead atoms. The van der Waals surface area contributed by atoms with E-state index in [2.05, 4.69) is 13.5 Å². The smallest absolute Gasteiger partial charge is 0.102 e. The molecule has 0 atom stereocenters. The van der Waals surface area contributed by atoms with E-state index < -0.39 is 0 Å². The molecule has 0 rings (SSSR count). The van der Waals surface area contributed by atoms with Crippen molar-refractivity contribution in [2.24, 2.45) is 0 Å². The third-order valence-corrected chi connectivity index (χ3v) is 5.15. The molecule has 0 aliphatic carbocycles. The summed E-state index contributed by atoms with van der Waals surface area (Å²) < 4.78 is 0.786. The normalized spacial score (nSPS) is 11.3. The number of aliphatic hydroxyl groups is 2. The van der Waals surface area contributed by atoms with E-state index in [1.54, 1.807) is 0 Å². The Hall–Kier alpha value is -0.0900. The molecule has 152 valence electrons. The van der Waals surface area contributed by atoms with Gasteiger partial charge in [-0.1, -0.05) is 77.7 Å². The molecular formula is C21H44ClNO2. The van der Waals surface area contributed by atoms with Gasteiger partial charge >= 0.3 is 0 Å². The fourth-order valence-corrected chi connectivity index (χ4v) is 3.60. The van der Waals surface area contributed by atoms with Crippen molar-refractivity contribution in [3.8, 4) is 0 Å². The third kappa shape index (κ3) is 15.9. The first-order valence-corrected chi connectivity index (χ1v) is 10.4. The van der Waals surface area contributed by atoms with Gasteiger partial charge in [0.25, 0.3) is 0 Å². The van der Waals surface area contributed by atoms with Crippen LogP contribution in [-0.2, 0) is 0 Å². The molecule has 0 aromatic rings. The summed E-state index contributed by atoms with van der Waals surface area (Å²) in [5.74, 6) is 0. The minimum atomic E-state index is 0. The molecule has 0 aromatic carbocycles. The van der Waals surface area contributed by atoms with Crippen molar-refractivity contribution in [3.05, 3.63) is 12.7 Å². The lowest BCUT2D eigenvalue weighted by molar-refractivity contribution is -0.923. The van der Waals surface area contributed by atoms with E-state index in [-0.39, 0.29) is 25.6 Å². The number of nitrogens with zero attached hydrogens (tertiary/aromatic N) is 1. The van der Waals surface area contributed by atoms with Gasteiger partial charge in [0, 0.05) is 0 Å². The first kappa shape index (κ1) is 27.1. The van der Waals surface area contributed by atoms with Gasteiger partial charge < -0.3 is 27.1 Å². The summed E-state index contributed by atoms with van der Waals surface area (Å²) in [6.07, 6.45) is 18.3. The second kappa shape index (κ2) is 20.2. The van der Waals surface area contributed by atoms with Gasteiger partial charge in [0.05, 0.1) is 26.3 Å². The van der Waals surface area contributed by atoms with Crippen LogP contribution in [0, 0.1) is 0 Å². The lowest BCUT2D eigenvalue weighted by Crippen LogP contribution is -3.00. The second-order valence-electron chi connectivity index (χ2n) is 7.32. The molecular weight excluding hydrogens is 334 g/mol. The van der Waals surface area contributed by atoms with Gasteiger partial charge in [-0.05, 0) is 18.9 Å². The number of rotatable bonds is 19. The molecule has 0 heterocycles. The number of hydrogen-bond acceptors (Lipinski definition) is 2. The number of hydrogen-bond donors (Lipinski definition) is 2. The van der Waals surface area contributed by atoms with Gasteiger partial charge in [-0.15, -0.1) is 0 Å². The SMILES string of the molecule is C=CC[N+](CCO)(CCO)CCCCCCCCCCCCCC.[Cl-]. The number of halogens is 1. The van der Waals surface area contributed by atoms with Crippen molar-refractivity contribution >= 4 is 0 Å². The largest absolute Gasteiger partial charge is 1.00 e. The third-order valence-electron chi connectivity index (χ3n) is 5.15. The average molecular weight is 378 g/mol. The summed E-state index contributed by atoms with van der Waals surface area (Å²) in [6.45, 7) is 9.83. The Morgan fingerprint density at radius 1 is 0.680 bits per heavy atom. The van der Waals surface area contributed by atoms with E-state index in [1.165, 1.54) is 77.0 Å². The Bertz CT molecular complexity index is 269. The van der Waals surface area contributed by atoms with Crippen molar-refractivity contribution in [2.75, 3.05) is 39.4 Å². The van der Waals surface area contributed by atoms with Crippen LogP contribution in [0.5, 0.6) is 0 Å². The molecule has 25 heavy (non-hydrogen) atoms. The average Bonchev–Trinajstić information content (AvgIpc) is 2.56.